The number of ether oxygens (including phenoxy) is 4. The molecule has 0 spiro atoms. The zero-order valence-corrected chi connectivity index (χ0v) is 19.2. The molecule has 32 heavy (non-hydrogen) atoms. The van der Waals surface area contributed by atoms with Gasteiger partial charge < -0.3 is 18.9 Å². The van der Waals surface area contributed by atoms with E-state index in [-0.39, 0.29) is 0 Å². The van der Waals surface area contributed by atoms with Crippen molar-refractivity contribution in [1.82, 2.24) is 0 Å². The van der Waals surface area contributed by atoms with Crippen molar-refractivity contribution in [2.45, 2.75) is 53.4 Å². The van der Waals surface area contributed by atoms with Crippen LogP contribution in [-0.4, -0.2) is 25.5 Å². The minimum atomic E-state index is -0.755. The zero-order chi connectivity index (χ0) is 23.1. The molecule has 0 aliphatic rings. The monoisotopic (exact) mass is 438 g/mol. The highest BCUT2D eigenvalue weighted by atomic mass is 16.7. The van der Waals surface area contributed by atoms with E-state index in [1.165, 1.54) is 0 Å². The molecular formula is C26H30O6. The number of unbranched alkanes of at least 4 members (excludes halogenated alkanes) is 2. The van der Waals surface area contributed by atoms with Gasteiger partial charge >= 0.3 is 12.3 Å². The molecular weight excluding hydrogens is 408 g/mol. The molecule has 0 fully saturated rings. The lowest BCUT2D eigenvalue weighted by molar-refractivity contribution is 0.0970. The van der Waals surface area contributed by atoms with Crippen molar-refractivity contribution in [2.75, 3.05) is 13.2 Å². The largest absolute Gasteiger partial charge is 0.513 e. The second kappa shape index (κ2) is 10.8. The molecule has 0 N–H and O–H groups in total. The summed E-state index contributed by atoms with van der Waals surface area (Å²) in [4.78, 5) is 24.8. The number of fused-ring (bicyclic) bond motifs is 2. The molecule has 3 aromatic rings. The van der Waals surface area contributed by atoms with Crippen LogP contribution in [0, 0.1) is 13.8 Å². The molecule has 0 aliphatic heterocycles. The smallest absolute Gasteiger partial charge is 0.434 e. The lowest BCUT2D eigenvalue weighted by Crippen LogP contribution is -2.14. The number of carbonyl (C=O) groups is 2. The third-order valence-corrected chi connectivity index (χ3v) is 5.14. The lowest BCUT2D eigenvalue weighted by atomic mass is 9.98. The number of carbonyl (C=O) groups excluding carboxylic acids is 2. The van der Waals surface area contributed by atoms with Crippen molar-refractivity contribution in [3.8, 4) is 11.5 Å². The Kier molecular flexibility index (Phi) is 7.92. The summed E-state index contributed by atoms with van der Waals surface area (Å²) in [6, 6.07) is 11.4. The Bertz CT molecular complexity index is 1060. The van der Waals surface area contributed by atoms with Crippen molar-refractivity contribution in [2.24, 2.45) is 0 Å². The lowest BCUT2D eigenvalue weighted by Gasteiger charge is -2.17. The van der Waals surface area contributed by atoms with E-state index in [9.17, 15) is 9.59 Å². The van der Waals surface area contributed by atoms with Crippen LogP contribution in [0.3, 0.4) is 0 Å². The van der Waals surface area contributed by atoms with Crippen molar-refractivity contribution in [3.05, 3.63) is 47.5 Å². The Morgan fingerprint density at radius 2 is 1.06 bits per heavy atom. The van der Waals surface area contributed by atoms with Gasteiger partial charge in [-0.2, -0.15) is 0 Å². The Morgan fingerprint density at radius 1 is 0.656 bits per heavy atom. The predicted octanol–water partition coefficient (Wildman–Crippen LogP) is 7.24. The van der Waals surface area contributed by atoms with Gasteiger partial charge in [0.05, 0.1) is 13.2 Å². The van der Waals surface area contributed by atoms with E-state index in [4.69, 9.17) is 18.9 Å². The second-order valence-corrected chi connectivity index (χ2v) is 7.86. The van der Waals surface area contributed by atoms with Crippen LogP contribution in [0.5, 0.6) is 11.5 Å². The number of hydrogen-bond donors (Lipinski definition) is 0. The van der Waals surface area contributed by atoms with Crippen molar-refractivity contribution in [3.63, 3.8) is 0 Å². The maximum Gasteiger partial charge on any atom is 0.513 e. The molecule has 3 aromatic carbocycles. The van der Waals surface area contributed by atoms with Gasteiger partial charge in [-0.15, -0.1) is 0 Å². The molecule has 0 atom stereocenters. The third-order valence-electron chi connectivity index (χ3n) is 5.14. The van der Waals surface area contributed by atoms with Gasteiger partial charge in [0.15, 0.2) is 0 Å². The minimum absolute atomic E-state index is 0.300. The molecule has 0 saturated heterocycles. The first kappa shape index (κ1) is 23.4. The molecule has 0 aliphatic carbocycles. The first-order valence-corrected chi connectivity index (χ1v) is 11.1. The van der Waals surface area contributed by atoms with Crippen LogP contribution in [0.2, 0.25) is 0 Å². The molecule has 0 amide bonds. The quantitative estimate of drug-likeness (QED) is 0.160. The van der Waals surface area contributed by atoms with Crippen molar-refractivity contribution >= 4 is 33.9 Å². The summed E-state index contributed by atoms with van der Waals surface area (Å²) in [7, 11) is 0. The van der Waals surface area contributed by atoms with E-state index in [0.717, 1.165) is 36.8 Å². The second-order valence-electron chi connectivity index (χ2n) is 7.86. The summed E-state index contributed by atoms with van der Waals surface area (Å²) in [5, 5.41) is 2.62. The van der Waals surface area contributed by atoms with Crippen LogP contribution < -0.4 is 9.47 Å². The van der Waals surface area contributed by atoms with Gasteiger partial charge in [0.1, 0.15) is 11.5 Å². The van der Waals surface area contributed by atoms with Gasteiger partial charge in [-0.05, 0) is 38.8 Å². The molecule has 6 heteroatoms. The first-order valence-electron chi connectivity index (χ1n) is 11.1. The standard InChI is InChI=1S/C26H30O6/c1-5-7-13-29-25(27)31-23-19-11-9-17(3)15-21(19)24(32-26(28)30-14-8-6-2)22-16-18(4)10-12-20(22)23/h9-12,15-16H,5-8,13-14H2,1-4H3. The van der Waals surface area contributed by atoms with Gasteiger partial charge in [0.25, 0.3) is 0 Å². The van der Waals surface area contributed by atoms with E-state index < -0.39 is 12.3 Å². The molecule has 0 heterocycles. The maximum atomic E-state index is 12.4. The summed E-state index contributed by atoms with van der Waals surface area (Å²) in [6.45, 7) is 8.54. The molecule has 0 unspecified atom stereocenters. The molecule has 0 bridgehead atoms. The summed E-state index contributed by atoms with van der Waals surface area (Å²) in [5.41, 5.74) is 1.95. The Hall–Kier alpha value is -3.28. The van der Waals surface area contributed by atoms with E-state index >= 15 is 0 Å². The molecule has 0 aromatic heterocycles. The van der Waals surface area contributed by atoms with E-state index in [1.54, 1.807) is 0 Å². The van der Waals surface area contributed by atoms with Gasteiger partial charge in [0.2, 0.25) is 0 Å². The van der Waals surface area contributed by atoms with Gasteiger partial charge in [-0.1, -0.05) is 62.1 Å². The van der Waals surface area contributed by atoms with Crippen LogP contribution in [0.15, 0.2) is 36.4 Å². The van der Waals surface area contributed by atoms with Gasteiger partial charge in [-0.3, -0.25) is 0 Å². The summed E-state index contributed by atoms with van der Waals surface area (Å²) < 4.78 is 21.8. The Labute approximate surface area is 188 Å². The van der Waals surface area contributed by atoms with Crippen LogP contribution in [-0.2, 0) is 9.47 Å². The number of hydrogen-bond acceptors (Lipinski definition) is 6. The molecule has 6 nitrogen and oxygen atoms in total. The average molecular weight is 439 g/mol. The topological polar surface area (TPSA) is 71.1 Å². The fraction of sp³-hybridized carbons (Fsp3) is 0.385. The normalized spacial score (nSPS) is 10.9. The average Bonchev–Trinajstić information content (AvgIpc) is 2.76. The zero-order valence-electron chi connectivity index (χ0n) is 19.2. The maximum absolute atomic E-state index is 12.4. The summed E-state index contributed by atoms with van der Waals surface area (Å²) >= 11 is 0. The minimum Gasteiger partial charge on any atom is -0.434 e. The number of benzene rings is 3. The van der Waals surface area contributed by atoms with E-state index in [0.29, 0.717) is 46.3 Å². The molecule has 0 saturated carbocycles. The van der Waals surface area contributed by atoms with Crippen LogP contribution in [0.25, 0.3) is 21.5 Å². The third kappa shape index (κ3) is 5.49. The van der Waals surface area contributed by atoms with Crippen molar-refractivity contribution < 1.29 is 28.5 Å². The van der Waals surface area contributed by atoms with Crippen molar-refractivity contribution in [1.29, 1.82) is 0 Å². The number of aryl methyl sites for hydroxylation is 2. The van der Waals surface area contributed by atoms with Gasteiger partial charge in [-0.25, -0.2) is 9.59 Å². The Balaban J connectivity index is 2.12. The summed E-state index contributed by atoms with van der Waals surface area (Å²) in [6.07, 6.45) is 1.85. The highest BCUT2D eigenvalue weighted by Gasteiger charge is 2.21. The highest BCUT2D eigenvalue weighted by molar-refractivity contribution is 6.12. The fourth-order valence-corrected chi connectivity index (χ4v) is 3.42. The summed E-state index contributed by atoms with van der Waals surface area (Å²) in [5.74, 6) is 0.763. The molecule has 0 radical (unpaired) electrons. The van der Waals surface area contributed by atoms with Crippen LogP contribution in [0.4, 0.5) is 9.59 Å². The van der Waals surface area contributed by atoms with Crippen LogP contribution in [0.1, 0.15) is 50.7 Å². The van der Waals surface area contributed by atoms with Gasteiger partial charge in [0, 0.05) is 21.5 Å². The Morgan fingerprint density at radius 3 is 1.47 bits per heavy atom. The fourth-order valence-electron chi connectivity index (χ4n) is 3.42. The van der Waals surface area contributed by atoms with Crippen LogP contribution >= 0.6 is 0 Å². The van der Waals surface area contributed by atoms with E-state index in [2.05, 4.69) is 0 Å². The highest BCUT2D eigenvalue weighted by Crippen LogP contribution is 2.43. The predicted molar refractivity (Wildman–Crippen MR) is 125 cm³/mol. The SMILES string of the molecule is CCCCOC(=O)Oc1c2ccc(C)cc2c(OC(=O)OCCCC)c2cc(C)ccc12. The van der Waals surface area contributed by atoms with E-state index in [1.807, 2.05) is 64.1 Å². The molecule has 3 rings (SSSR count). The first-order chi connectivity index (χ1) is 15.4. The number of rotatable bonds is 8. The molecule has 170 valence electrons.